The Kier molecular flexibility index (Phi) is 14.6. The summed E-state index contributed by atoms with van der Waals surface area (Å²) in [6.07, 6.45) is 0.666. The van der Waals surface area contributed by atoms with Crippen LogP contribution in [-0.2, 0) is 34.4 Å². The lowest BCUT2D eigenvalue weighted by atomic mass is 10.0. The zero-order chi connectivity index (χ0) is 31.8. The van der Waals surface area contributed by atoms with Gasteiger partial charge in [0.15, 0.2) is 0 Å². The minimum Gasteiger partial charge on any atom is -0.497 e. The number of aliphatic hydroxyl groups is 1. The van der Waals surface area contributed by atoms with Gasteiger partial charge < -0.3 is 25.2 Å². The molecule has 0 aliphatic heterocycles. The third kappa shape index (κ3) is 11.9. The highest BCUT2D eigenvalue weighted by atomic mass is 32.2. The molecule has 44 heavy (non-hydrogen) atoms. The summed E-state index contributed by atoms with van der Waals surface area (Å²) >= 11 is 0. The molecule has 3 aromatic rings. The molecule has 3 N–H and O–H groups in total. The van der Waals surface area contributed by atoms with E-state index in [1.54, 1.807) is 7.11 Å². The van der Waals surface area contributed by atoms with E-state index in [0.717, 1.165) is 22.4 Å². The van der Waals surface area contributed by atoms with Crippen molar-refractivity contribution in [2.45, 2.75) is 64.8 Å². The number of hydrogen-bond donors (Lipinski definition) is 3. The van der Waals surface area contributed by atoms with Gasteiger partial charge in [0.1, 0.15) is 18.1 Å². The lowest BCUT2D eigenvalue weighted by molar-refractivity contribution is -0.122. The van der Waals surface area contributed by atoms with Crippen molar-refractivity contribution in [3.63, 3.8) is 0 Å². The number of methoxy groups -OCH3 is 1. The van der Waals surface area contributed by atoms with Gasteiger partial charge in [-0.25, -0.2) is 12.7 Å². The fourth-order valence-electron chi connectivity index (χ4n) is 4.81. The van der Waals surface area contributed by atoms with Gasteiger partial charge in [0, 0.05) is 32.6 Å². The normalized spacial score (nSPS) is 12.9. The van der Waals surface area contributed by atoms with Crippen molar-refractivity contribution < 1.29 is 27.8 Å². The summed E-state index contributed by atoms with van der Waals surface area (Å²) in [5, 5.41) is 17.3. The molecule has 0 aliphatic rings. The summed E-state index contributed by atoms with van der Waals surface area (Å²) in [5.74, 6) is 0.773. The molecule has 0 radical (unpaired) electrons. The van der Waals surface area contributed by atoms with E-state index in [-0.39, 0.29) is 18.7 Å². The molecule has 0 unspecified atom stereocenters. The number of amides is 1. The number of benzene rings is 3. The van der Waals surface area contributed by atoms with Gasteiger partial charge in [-0.1, -0.05) is 68.4 Å². The van der Waals surface area contributed by atoms with Crippen LogP contribution in [0.5, 0.6) is 11.5 Å². The van der Waals surface area contributed by atoms with Crippen LogP contribution in [0, 0.1) is 0 Å². The van der Waals surface area contributed by atoms with Crippen molar-refractivity contribution in [2.75, 3.05) is 32.5 Å². The number of carbonyl (C=O) groups excluding carboxylic acids is 1. The zero-order valence-electron chi connectivity index (χ0n) is 26.1. The molecule has 240 valence electrons. The molecule has 3 aromatic carbocycles. The molecule has 9 nitrogen and oxygen atoms in total. The number of sulfonamides is 1. The van der Waals surface area contributed by atoms with Crippen LogP contribution in [0.3, 0.4) is 0 Å². The molecule has 0 bridgehead atoms. The minimum absolute atomic E-state index is 0.182. The third-order valence-corrected chi connectivity index (χ3v) is 9.05. The van der Waals surface area contributed by atoms with E-state index >= 15 is 0 Å². The largest absolute Gasteiger partial charge is 0.497 e. The number of aliphatic hydroxyl groups excluding tert-OH is 1. The number of hydrogen-bond acceptors (Lipinski definition) is 7. The van der Waals surface area contributed by atoms with Crippen LogP contribution in [-0.4, -0.2) is 68.4 Å². The Morgan fingerprint density at radius 3 is 2.23 bits per heavy atom. The van der Waals surface area contributed by atoms with Crippen LogP contribution in [0.4, 0.5) is 0 Å². The number of nitrogens with zero attached hydrogens (tertiary/aromatic N) is 1. The molecular formula is C34H47N3O6S. The molecule has 0 saturated heterocycles. The van der Waals surface area contributed by atoms with Crippen LogP contribution in [0.1, 0.15) is 49.8 Å². The predicted octanol–water partition coefficient (Wildman–Crippen LogP) is 4.29. The van der Waals surface area contributed by atoms with Crippen molar-refractivity contribution in [1.29, 1.82) is 0 Å². The van der Waals surface area contributed by atoms with Crippen molar-refractivity contribution >= 4 is 15.9 Å². The highest BCUT2D eigenvalue weighted by Crippen LogP contribution is 2.17. The molecular weight excluding hydrogens is 578 g/mol. The Hall–Kier alpha value is -3.44. The number of rotatable bonds is 20. The van der Waals surface area contributed by atoms with Crippen molar-refractivity contribution in [2.24, 2.45) is 0 Å². The Morgan fingerprint density at radius 1 is 0.886 bits per heavy atom. The van der Waals surface area contributed by atoms with Gasteiger partial charge in [-0.15, -0.1) is 0 Å². The van der Waals surface area contributed by atoms with Gasteiger partial charge in [-0.3, -0.25) is 4.79 Å². The Balaban J connectivity index is 1.64. The van der Waals surface area contributed by atoms with Gasteiger partial charge in [-0.2, -0.15) is 0 Å². The smallest absolute Gasteiger partial charge is 0.221 e. The molecule has 0 fully saturated rings. The fourth-order valence-corrected chi connectivity index (χ4v) is 6.43. The first kappa shape index (κ1) is 35.0. The average molecular weight is 626 g/mol. The Labute approximate surface area is 262 Å². The highest BCUT2D eigenvalue weighted by Gasteiger charge is 2.25. The number of nitrogens with one attached hydrogen (secondary N) is 2. The molecule has 0 spiro atoms. The summed E-state index contributed by atoms with van der Waals surface area (Å²) in [6.45, 7) is 5.91. The monoisotopic (exact) mass is 625 g/mol. The first-order valence-corrected chi connectivity index (χ1v) is 16.9. The molecule has 0 saturated carbocycles. The lowest BCUT2D eigenvalue weighted by Crippen LogP contribution is -2.49. The van der Waals surface area contributed by atoms with Crippen LogP contribution in [0.25, 0.3) is 0 Å². The van der Waals surface area contributed by atoms with Crippen LogP contribution in [0.2, 0.25) is 0 Å². The van der Waals surface area contributed by atoms with Crippen molar-refractivity contribution in [3.05, 3.63) is 95.6 Å². The van der Waals surface area contributed by atoms with Gasteiger partial charge in [0.2, 0.25) is 15.9 Å². The van der Waals surface area contributed by atoms with E-state index in [4.69, 9.17) is 9.47 Å². The van der Waals surface area contributed by atoms with Gasteiger partial charge in [0.05, 0.1) is 25.0 Å². The van der Waals surface area contributed by atoms with Gasteiger partial charge >= 0.3 is 0 Å². The number of ether oxygens (including phenoxy) is 2. The van der Waals surface area contributed by atoms with E-state index in [1.165, 1.54) is 4.31 Å². The molecule has 0 aliphatic carbocycles. The number of carbonyl (C=O) groups is 1. The fraction of sp³-hybridized carbons (Fsp3) is 0.441. The van der Waals surface area contributed by atoms with Crippen molar-refractivity contribution in [3.8, 4) is 11.5 Å². The summed E-state index contributed by atoms with van der Waals surface area (Å²) < 4.78 is 38.4. The Morgan fingerprint density at radius 2 is 1.57 bits per heavy atom. The SMILES string of the molecule is CCCN(CCC)S(=O)(=O)CCC(=O)N[C@@H](Cc1ccc(OCc2ccccc2)cc1)[C@H](O)CNCc1cccc(OC)c1. The van der Waals surface area contributed by atoms with Gasteiger partial charge in [0.25, 0.3) is 0 Å². The predicted molar refractivity (Wildman–Crippen MR) is 174 cm³/mol. The maximum absolute atomic E-state index is 13.0. The lowest BCUT2D eigenvalue weighted by Gasteiger charge is -2.25. The second-order valence-corrected chi connectivity index (χ2v) is 12.9. The van der Waals surface area contributed by atoms with E-state index in [2.05, 4.69) is 10.6 Å². The zero-order valence-corrected chi connectivity index (χ0v) is 26.9. The van der Waals surface area contributed by atoms with E-state index < -0.39 is 28.1 Å². The van der Waals surface area contributed by atoms with E-state index in [0.29, 0.717) is 51.3 Å². The standard InChI is InChI=1S/C34H47N3O6S/c1-4-19-37(20-5-2)44(40,41)21-18-34(39)36-32(33(38)25-35-24-29-12-9-13-31(22-29)42-3)23-27-14-16-30(17-15-27)43-26-28-10-7-6-8-11-28/h6-17,22,32-33,35,38H,4-5,18-21,23-26H2,1-3H3,(H,36,39)/t32-,33+/m0/s1. The quantitative estimate of drug-likeness (QED) is 0.172. The summed E-state index contributed by atoms with van der Waals surface area (Å²) in [5.41, 5.74) is 2.97. The van der Waals surface area contributed by atoms with E-state index in [9.17, 15) is 18.3 Å². The van der Waals surface area contributed by atoms with E-state index in [1.807, 2.05) is 92.7 Å². The molecule has 1 amide bonds. The second kappa shape index (κ2) is 18.4. The average Bonchev–Trinajstić information content (AvgIpc) is 3.03. The van der Waals surface area contributed by atoms with Gasteiger partial charge in [-0.05, 0) is 60.2 Å². The molecule has 0 aromatic heterocycles. The first-order chi connectivity index (χ1) is 21.2. The van der Waals surface area contributed by atoms with Crippen LogP contribution < -0.4 is 20.1 Å². The first-order valence-electron chi connectivity index (χ1n) is 15.3. The van der Waals surface area contributed by atoms with Crippen LogP contribution >= 0.6 is 0 Å². The summed E-state index contributed by atoms with van der Waals surface area (Å²) in [4.78, 5) is 13.0. The Bertz CT molecular complexity index is 1360. The maximum Gasteiger partial charge on any atom is 0.221 e. The van der Waals surface area contributed by atoms with Crippen LogP contribution in [0.15, 0.2) is 78.9 Å². The molecule has 0 heterocycles. The van der Waals surface area contributed by atoms with Crippen molar-refractivity contribution in [1.82, 2.24) is 14.9 Å². The molecule has 10 heteroatoms. The molecule has 2 atom stereocenters. The second-order valence-electron chi connectivity index (χ2n) is 10.8. The molecule has 3 rings (SSSR count). The third-order valence-electron chi connectivity index (χ3n) is 7.18. The summed E-state index contributed by atoms with van der Waals surface area (Å²) in [6, 6.07) is 24.5. The minimum atomic E-state index is -3.56. The topological polar surface area (TPSA) is 117 Å². The highest BCUT2D eigenvalue weighted by molar-refractivity contribution is 7.89. The maximum atomic E-state index is 13.0. The summed E-state index contributed by atoms with van der Waals surface area (Å²) in [7, 11) is -1.95.